The zero-order chi connectivity index (χ0) is 33.7. The molecule has 0 atom stereocenters. The lowest BCUT2D eigenvalue weighted by molar-refractivity contribution is 0.308. The predicted molar refractivity (Wildman–Crippen MR) is 217 cm³/mol. The zero-order valence-electron chi connectivity index (χ0n) is 30.6. The molecule has 3 aromatic rings. The Labute approximate surface area is 307 Å². The summed E-state index contributed by atoms with van der Waals surface area (Å²) in [6.45, 7) is 6.87. The van der Waals surface area contributed by atoms with Gasteiger partial charge in [0, 0.05) is 0 Å². The normalized spacial score (nSPS) is 13.7. The standard InChI is InChI=1S/C39H63B3O3S3/c1-4-7-10-13-16-19-22-25-34-28-46-31-37(34)40-43-41(38-32-47-29-35(38)26-23-20-17-14-11-8-5-2)45-42(44-40)39-33-48-30-36(39)27-24-21-18-15-12-9-6-3/h28-33H,4-27H2,1-3H3. The second-order valence-corrected chi connectivity index (χ2v) is 16.3. The van der Waals surface area contributed by atoms with Gasteiger partial charge in [-0.25, -0.2) is 0 Å². The first-order valence-electron chi connectivity index (χ1n) is 19.9. The molecule has 0 amide bonds. The molecule has 0 radical (unpaired) electrons. The second kappa shape index (κ2) is 24.4. The lowest BCUT2D eigenvalue weighted by Gasteiger charge is -2.32. The van der Waals surface area contributed by atoms with E-state index < -0.39 is 21.4 Å². The summed E-state index contributed by atoms with van der Waals surface area (Å²) < 4.78 is 20.4. The average molecular weight is 709 g/mol. The Hall–Kier alpha value is -0.825. The molecule has 0 unspecified atom stereocenters. The maximum absolute atomic E-state index is 6.79. The lowest BCUT2D eigenvalue weighted by atomic mass is 9.60. The Morgan fingerprint density at radius 1 is 0.354 bits per heavy atom. The van der Waals surface area contributed by atoms with Crippen LogP contribution in [-0.4, -0.2) is 21.4 Å². The molecular formula is C39H63B3O3S3. The zero-order valence-corrected chi connectivity index (χ0v) is 33.1. The molecule has 3 nitrogen and oxygen atoms in total. The maximum Gasteiger partial charge on any atom is 0.468 e. The van der Waals surface area contributed by atoms with Gasteiger partial charge in [0.1, 0.15) is 0 Å². The number of unbranched alkanes of at least 4 members (excludes halogenated alkanes) is 18. The van der Waals surface area contributed by atoms with Gasteiger partial charge in [0.15, 0.2) is 0 Å². The van der Waals surface area contributed by atoms with E-state index in [1.165, 1.54) is 168 Å². The molecule has 3 aromatic heterocycles. The van der Waals surface area contributed by atoms with Crippen molar-refractivity contribution >= 4 is 71.8 Å². The first-order valence-corrected chi connectivity index (χ1v) is 22.7. The van der Waals surface area contributed by atoms with Crippen LogP contribution in [0.4, 0.5) is 0 Å². The van der Waals surface area contributed by atoms with Crippen LogP contribution in [0.1, 0.15) is 172 Å². The number of hydrogen-bond donors (Lipinski definition) is 0. The van der Waals surface area contributed by atoms with Crippen molar-refractivity contribution in [3.8, 4) is 0 Å². The summed E-state index contributed by atoms with van der Waals surface area (Å²) in [4.78, 5) is 0. The van der Waals surface area contributed by atoms with E-state index in [9.17, 15) is 0 Å². The molecule has 48 heavy (non-hydrogen) atoms. The van der Waals surface area contributed by atoms with Crippen molar-refractivity contribution in [2.24, 2.45) is 0 Å². The number of thiophene rings is 3. The van der Waals surface area contributed by atoms with E-state index in [0.717, 1.165) is 19.3 Å². The summed E-state index contributed by atoms with van der Waals surface area (Å²) in [7, 11) is -1.26. The van der Waals surface area contributed by atoms with Gasteiger partial charge in [0.2, 0.25) is 0 Å². The van der Waals surface area contributed by atoms with Gasteiger partial charge < -0.3 is 13.7 Å². The lowest BCUT2D eigenvalue weighted by Crippen LogP contribution is -2.62. The highest BCUT2D eigenvalue weighted by atomic mass is 32.1. The van der Waals surface area contributed by atoms with Crippen LogP contribution < -0.4 is 16.4 Å². The summed E-state index contributed by atoms with van der Waals surface area (Å²) in [6.07, 6.45) is 31.1. The summed E-state index contributed by atoms with van der Waals surface area (Å²) in [5, 5.41) is 13.8. The van der Waals surface area contributed by atoms with Crippen molar-refractivity contribution in [3.63, 3.8) is 0 Å². The van der Waals surface area contributed by atoms with Gasteiger partial charge in [-0.15, -0.1) is 0 Å². The summed E-state index contributed by atoms with van der Waals surface area (Å²) >= 11 is 5.35. The summed E-state index contributed by atoms with van der Waals surface area (Å²) in [5.74, 6) is 0. The van der Waals surface area contributed by atoms with Crippen LogP contribution in [0.5, 0.6) is 0 Å². The van der Waals surface area contributed by atoms with E-state index >= 15 is 0 Å². The van der Waals surface area contributed by atoms with Gasteiger partial charge >= 0.3 is 21.4 Å². The molecule has 0 N–H and O–H groups in total. The number of hydrogen-bond acceptors (Lipinski definition) is 6. The maximum atomic E-state index is 6.79. The third kappa shape index (κ3) is 13.7. The highest BCUT2D eigenvalue weighted by Gasteiger charge is 2.46. The molecule has 4 heterocycles. The molecule has 1 aliphatic rings. The van der Waals surface area contributed by atoms with Crippen molar-refractivity contribution < 1.29 is 13.7 Å². The highest BCUT2D eigenvalue weighted by molar-refractivity contribution is 7.11. The van der Waals surface area contributed by atoms with E-state index in [1.54, 1.807) is 34.0 Å². The van der Waals surface area contributed by atoms with Crippen molar-refractivity contribution in [2.45, 2.75) is 175 Å². The molecule has 0 spiro atoms. The highest BCUT2D eigenvalue weighted by Crippen LogP contribution is 2.21. The Morgan fingerprint density at radius 2 is 0.604 bits per heavy atom. The topological polar surface area (TPSA) is 27.7 Å². The van der Waals surface area contributed by atoms with Gasteiger partial charge in [0.05, 0.1) is 0 Å². The fourth-order valence-electron chi connectivity index (χ4n) is 6.92. The van der Waals surface area contributed by atoms with Crippen LogP contribution in [0.25, 0.3) is 0 Å². The fourth-order valence-corrected chi connectivity index (χ4v) is 9.61. The molecule has 1 saturated heterocycles. The summed E-state index contributed by atoms with van der Waals surface area (Å²) in [5.41, 5.74) is 7.78. The van der Waals surface area contributed by atoms with Crippen LogP contribution in [0, 0.1) is 0 Å². The minimum atomic E-state index is -0.419. The minimum absolute atomic E-state index is 0.419. The van der Waals surface area contributed by atoms with Crippen LogP contribution in [0.3, 0.4) is 0 Å². The van der Waals surface area contributed by atoms with E-state index in [2.05, 4.69) is 53.1 Å². The van der Waals surface area contributed by atoms with Crippen LogP contribution in [0.2, 0.25) is 0 Å². The Bertz CT molecular complexity index is 1070. The average Bonchev–Trinajstić information content (AvgIpc) is 3.89. The molecule has 0 saturated carbocycles. The van der Waals surface area contributed by atoms with E-state index in [0.29, 0.717) is 0 Å². The van der Waals surface area contributed by atoms with Gasteiger partial charge in [-0.3, -0.25) is 0 Å². The van der Waals surface area contributed by atoms with E-state index in [4.69, 9.17) is 13.7 Å². The third-order valence-corrected chi connectivity index (χ3v) is 12.4. The second-order valence-electron chi connectivity index (χ2n) is 14.1. The molecule has 9 heteroatoms. The van der Waals surface area contributed by atoms with Crippen LogP contribution >= 0.6 is 34.0 Å². The molecule has 1 fully saturated rings. The van der Waals surface area contributed by atoms with Crippen molar-refractivity contribution in [3.05, 3.63) is 49.0 Å². The molecule has 0 aliphatic carbocycles. The first kappa shape index (κ1) is 40.0. The van der Waals surface area contributed by atoms with Gasteiger partial charge in [-0.1, -0.05) is 136 Å². The SMILES string of the molecule is CCCCCCCCCc1cscc1B1OB(c2cscc2CCCCCCCCC)OB(c2cscc2CCCCCCCCC)O1. The first-order chi connectivity index (χ1) is 23.7. The number of rotatable bonds is 27. The molecular weight excluding hydrogens is 645 g/mol. The predicted octanol–water partition coefficient (Wildman–Crippen LogP) is 11.3. The molecule has 0 aromatic carbocycles. The van der Waals surface area contributed by atoms with E-state index in [1.807, 2.05) is 0 Å². The van der Waals surface area contributed by atoms with E-state index in [-0.39, 0.29) is 0 Å². The Kier molecular flexibility index (Phi) is 20.3. The smallest absolute Gasteiger partial charge is 0.445 e. The van der Waals surface area contributed by atoms with Gasteiger partial charge in [0.25, 0.3) is 0 Å². The van der Waals surface area contributed by atoms with Crippen molar-refractivity contribution in [1.82, 2.24) is 0 Å². The minimum Gasteiger partial charge on any atom is -0.445 e. The van der Waals surface area contributed by atoms with Crippen LogP contribution in [-0.2, 0) is 33.0 Å². The molecule has 264 valence electrons. The third-order valence-electron chi connectivity index (χ3n) is 9.98. The van der Waals surface area contributed by atoms with Crippen molar-refractivity contribution in [2.75, 3.05) is 0 Å². The van der Waals surface area contributed by atoms with Gasteiger partial charge in [-0.05, 0) is 104 Å². The molecule has 0 bridgehead atoms. The molecule has 4 rings (SSSR count). The number of aryl methyl sites for hydroxylation is 3. The largest absolute Gasteiger partial charge is 0.468 e. The Morgan fingerprint density at radius 3 is 0.875 bits per heavy atom. The monoisotopic (exact) mass is 708 g/mol. The fraction of sp³-hybridized carbons (Fsp3) is 0.692. The van der Waals surface area contributed by atoms with Crippen LogP contribution in [0.15, 0.2) is 32.3 Å². The molecule has 1 aliphatic heterocycles. The van der Waals surface area contributed by atoms with Crippen molar-refractivity contribution in [1.29, 1.82) is 0 Å². The Balaban J connectivity index is 1.43. The summed E-state index contributed by atoms with van der Waals surface area (Å²) in [6, 6.07) is 0. The quantitative estimate of drug-likeness (QED) is 0.0583. The van der Waals surface area contributed by atoms with Gasteiger partial charge in [-0.2, -0.15) is 34.0 Å².